The van der Waals surface area contributed by atoms with Gasteiger partial charge in [-0.05, 0) is 68.6 Å². The lowest BCUT2D eigenvalue weighted by Gasteiger charge is -2.17. The average Bonchev–Trinajstić information content (AvgIpc) is 2.70. The van der Waals surface area contributed by atoms with Crippen LogP contribution in [0, 0.1) is 20.8 Å². The van der Waals surface area contributed by atoms with Gasteiger partial charge in [0.1, 0.15) is 24.2 Å². The lowest BCUT2D eigenvalue weighted by Crippen LogP contribution is -2.32. The first-order valence-corrected chi connectivity index (χ1v) is 9.51. The number of aliphatic hydroxyl groups is 1. The van der Waals surface area contributed by atoms with Crippen LogP contribution in [0.4, 0.5) is 0 Å². The Hall–Kier alpha value is -2.44. The molecule has 2 rings (SSSR count). The minimum atomic E-state index is -0.621. The number of aromatic hydroxyl groups is 1. The molecule has 2 aromatic carbocycles. The molecule has 0 aliphatic carbocycles. The highest BCUT2D eigenvalue weighted by molar-refractivity contribution is 5.51. The van der Waals surface area contributed by atoms with Crippen LogP contribution in [0.2, 0.25) is 0 Å². The maximum atomic E-state index is 10.1. The van der Waals surface area contributed by atoms with Crippen molar-refractivity contribution in [3.63, 3.8) is 0 Å². The summed E-state index contributed by atoms with van der Waals surface area (Å²) in [6.45, 7) is 7.50. The second-order valence-electron chi connectivity index (χ2n) is 6.81. The zero-order valence-electron chi connectivity index (χ0n) is 17.1. The van der Waals surface area contributed by atoms with Gasteiger partial charge >= 0.3 is 0 Å². The highest BCUT2D eigenvalue weighted by Gasteiger charge is 2.12. The molecule has 0 spiro atoms. The molecule has 0 fully saturated rings. The maximum Gasteiger partial charge on any atom is 0.161 e. The van der Waals surface area contributed by atoms with Gasteiger partial charge in [-0.15, -0.1) is 0 Å². The molecule has 0 radical (unpaired) electrons. The molecule has 0 heterocycles. The number of phenolic OH excluding ortho intramolecular Hbond substituents is 1. The van der Waals surface area contributed by atoms with Gasteiger partial charge in [0.2, 0.25) is 0 Å². The Morgan fingerprint density at radius 3 is 2.43 bits per heavy atom. The number of methoxy groups -OCH3 is 1. The summed E-state index contributed by atoms with van der Waals surface area (Å²) in [5.41, 5.74) is 2.45. The lowest BCUT2D eigenvalue weighted by molar-refractivity contribution is 0.105. The van der Waals surface area contributed by atoms with Crippen molar-refractivity contribution in [3.8, 4) is 23.0 Å². The molecule has 0 aliphatic heterocycles. The van der Waals surface area contributed by atoms with E-state index in [1.807, 2.05) is 45.0 Å². The van der Waals surface area contributed by atoms with Crippen molar-refractivity contribution in [3.05, 3.63) is 47.0 Å². The molecular weight excluding hydrogens is 358 g/mol. The summed E-state index contributed by atoms with van der Waals surface area (Å²) in [4.78, 5) is 0. The summed E-state index contributed by atoms with van der Waals surface area (Å²) in [6, 6.07) is 9.35. The first kappa shape index (κ1) is 21.9. The number of aliphatic hydroxyl groups excluding tert-OH is 1. The van der Waals surface area contributed by atoms with E-state index in [9.17, 15) is 10.2 Å². The van der Waals surface area contributed by atoms with Crippen molar-refractivity contribution in [2.45, 2.75) is 33.3 Å². The third-order valence-electron chi connectivity index (χ3n) is 4.64. The fourth-order valence-corrected chi connectivity index (χ4v) is 2.81. The smallest absolute Gasteiger partial charge is 0.161 e. The zero-order chi connectivity index (χ0) is 20.5. The Bertz CT molecular complexity index is 763. The molecule has 0 saturated heterocycles. The second kappa shape index (κ2) is 10.8. The molecule has 2 aromatic rings. The van der Waals surface area contributed by atoms with E-state index in [1.54, 1.807) is 13.2 Å². The number of aryl methyl sites for hydroxylation is 1. The minimum absolute atomic E-state index is 0.190. The largest absolute Gasteiger partial charge is 0.507 e. The summed E-state index contributed by atoms with van der Waals surface area (Å²) in [7, 11) is 1.62. The number of rotatable bonds is 11. The summed E-state index contributed by atoms with van der Waals surface area (Å²) < 4.78 is 16.7. The molecule has 0 bridgehead atoms. The van der Waals surface area contributed by atoms with Crippen LogP contribution in [0.1, 0.15) is 23.1 Å². The van der Waals surface area contributed by atoms with Crippen molar-refractivity contribution >= 4 is 0 Å². The highest BCUT2D eigenvalue weighted by Crippen LogP contribution is 2.32. The standard InChI is InChI=1S/C22H31NO5/c1-15-12-21(16(2)17(3)22(15)25)28-14-18(24)13-23-10-7-11-27-20-9-6-5-8-19(20)26-4/h5-6,8-9,12,18,23-25H,7,10-11,13-14H2,1-4H3. The molecule has 6 heteroatoms. The summed E-state index contributed by atoms with van der Waals surface area (Å²) in [5.74, 6) is 2.44. The van der Waals surface area contributed by atoms with Crippen LogP contribution < -0.4 is 19.5 Å². The van der Waals surface area contributed by atoms with Crippen molar-refractivity contribution in [2.75, 3.05) is 33.4 Å². The van der Waals surface area contributed by atoms with Gasteiger partial charge in [-0.1, -0.05) is 12.1 Å². The Balaban J connectivity index is 1.65. The molecule has 154 valence electrons. The number of ether oxygens (including phenoxy) is 3. The lowest BCUT2D eigenvalue weighted by atomic mass is 10.0. The van der Waals surface area contributed by atoms with Crippen molar-refractivity contribution in [1.29, 1.82) is 0 Å². The maximum absolute atomic E-state index is 10.1. The summed E-state index contributed by atoms with van der Waals surface area (Å²) in [5, 5.41) is 23.3. The fraction of sp³-hybridized carbons (Fsp3) is 0.455. The van der Waals surface area contributed by atoms with Gasteiger partial charge in [-0.3, -0.25) is 0 Å². The van der Waals surface area contributed by atoms with Gasteiger partial charge in [0, 0.05) is 6.54 Å². The van der Waals surface area contributed by atoms with Crippen LogP contribution in [0.3, 0.4) is 0 Å². The molecular formula is C22H31NO5. The van der Waals surface area contributed by atoms with Crippen molar-refractivity contribution in [1.82, 2.24) is 5.32 Å². The van der Waals surface area contributed by atoms with E-state index in [1.165, 1.54) is 0 Å². The molecule has 6 nitrogen and oxygen atoms in total. The number of benzene rings is 2. The van der Waals surface area contributed by atoms with Crippen molar-refractivity contribution in [2.24, 2.45) is 0 Å². The molecule has 28 heavy (non-hydrogen) atoms. The zero-order valence-corrected chi connectivity index (χ0v) is 17.1. The predicted molar refractivity (Wildman–Crippen MR) is 110 cm³/mol. The van der Waals surface area contributed by atoms with Crippen LogP contribution in [0.5, 0.6) is 23.0 Å². The van der Waals surface area contributed by atoms with E-state index in [0.717, 1.165) is 41.2 Å². The normalized spacial score (nSPS) is 11.9. The van der Waals surface area contributed by atoms with Gasteiger partial charge in [-0.2, -0.15) is 0 Å². The van der Waals surface area contributed by atoms with Crippen molar-refractivity contribution < 1.29 is 24.4 Å². The van der Waals surface area contributed by atoms with E-state index in [0.29, 0.717) is 24.7 Å². The van der Waals surface area contributed by atoms with Gasteiger partial charge in [0.15, 0.2) is 11.5 Å². The molecule has 0 aromatic heterocycles. The second-order valence-corrected chi connectivity index (χ2v) is 6.81. The Morgan fingerprint density at radius 2 is 1.71 bits per heavy atom. The number of nitrogens with one attached hydrogen (secondary N) is 1. The molecule has 0 amide bonds. The van der Waals surface area contributed by atoms with E-state index in [4.69, 9.17) is 14.2 Å². The van der Waals surface area contributed by atoms with E-state index in [2.05, 4.69) is 5.32 Å². The predicted octanol–water partition coefficient (Wildman–Crippen LogP) is 3.12. The minimum Gasteiger partial charge on any atom is -0.507 e. The molecule has 1 atom stereocenters. The third kappa shape index (κ3) is 6.04. The van der Waals surface area contributed by atoms with Crippen LogP contribution in [-0.2, 0) is 0 Å². The topological polar surface area (TPSA) is 80.2 Å². The van der Waals surface area contributed by atoms with Crippen LogP contribution in [0.25, 0.3) is 0 Å². The SMILES string of the molecule is COc1ccccc1OCCCNCC(O)COc1cc(C)c(O)c(C)c1C. The molecule has 1 unspecified atom stereocenters. The number of phenols is 1. The number of hydrogen-bond acceptors (Lipinski definition) is 6. The average molecular weight is 389 g/mol. The molecule has 3 N–H and O–H groups in total. The summed E-state index contributed by atoms with van der Waals surface area (Å²) in [6.07, 6.45) is 0.185. The highest BCUT2D eigenvalue weighted by atomic mass is 16.5. The van der Waals surface area contributed by atoms with E-state index >= 15 is 0 Å². The van der Waals surface area contributed by atoms with E-state index < -0.39 is 6.10 Å². The van der Waals surface area contributed by atoms with Gasteiger partial charge in [0.25, 0.3) is 0 Å². The monoisotopic (exact) mass is 389 g/mol. The van der Waals surface area contributed by atoms with Gasteiger partial charge in [-0.25, -0.2) is 0 Å². The van der Waals surface area contributed by atoms with Crippen LogP contribution in [0.15, 0.2) is 30.3 Å². The Morgan fingerprint density at radius 1 is 1.00 bits per heavy atom. The fourth-order valence-electron chi connectivity index (χ4n) is 2.81. The molecule has 0 aliphatic rings. The van der Waals surface area contributed by atoms with E-state index in [-0.39, 0.29) is 6.61 Å². The third-order valence-corrected chi connectivity index (χ3v) is 4.64. The molecule has 0 saturated carbocycles. The Kier molecular flexibility index (Phi) is 8.42. The van der Waals surface area contributed by atoms with Gasteiger partial charge in [0.05, 0.1) is 13.7 Å². The van der Waals surface area contributed by atoms with Crippen LogP contribution >= 0.6 is 0 Å². The quantitative estimate of drug-likeness (QED) is 0.513. The number of hydrogen-bond donors (Lipinski definition) is 3. The first-order valence-electron chi connectivity index (χ1n) is 9.51. The van der Waals surface area contributed by atoms with Crippen LogP contribution in [-0.4, -0.2) is 49.7 Å². The Labute approximate surface area is 167 Å². The summed E-state index contributed by atoms with van der Waals surface area (Å²) >= 11 is 0. The first-order chi connectivity index (χ1) is 13.4. The number of para-hydroxylation sites is 2. The van der Waals surface area contributed by atoms with Gasteiger partial charge < -0.3 is 29.7 Å².